The maximum Gasteiger partial charge on any atom is 0.123 e. The van der Waals surface area contributed by atoms with Crippen LogP contribution in [0.5, 0.6) is 5.75 Å². The van der Waals surface area contributed by atoms with Crippen LogP contribution in [-0.2, 0) is 0 Å². The van der Waals surface area contributed by atoms with Gasteiger partial charge in [0.2, 0.25) is 0 Å². The number of ether oxygens (including phenoxy) is 1. The van der Waals surface area contributed by atoms with Crippen LogP contribution in [0.15, 0.2) is 18.2 Å². The van der Waals surface area contributed by atoms with Gasteiger partial charge in [0.15, 0.2) is 0 Å². The van der Waals surface area contributed by atoms with Crippen LogP contribution in [-0.4, -0.2) is 7.11 Å². The molecule has 1 aromatic rings. The Labute approximate surface area is 59.4 Å². The molecule has 0 unspecified atom stereocenters. The second-order valence-electron chi connectivity index (χ2n) is 2.11. The Hall–Kier alpha value is -1.05. The molecule has 0 aliphatic rings. The van der Waals surface area contributed by atoms with E-state index in [4.69, 9.17) is 4.74 Å². The maximum atomic E-state index is 12.4. The predicted octanol–water partition coefficient (Wildman–Crippen LogP) is 2.14. The Morgan fingerprint density at radius 3 is 2.60 bits per heavy atom. The van der Waals surface area contributed by atoms with Crippen molar-refractivity contribution in [2.75, 3.05) is 7.11 Å². The molecular weight excluding hydrogens is 131 g/mol. The number of methoxy groups -OCH3 is 1. The van der Waals surface area contributed by atoms with Crippen LogP contribution in [0.2, 0.25) is 0 Å². The van der Waals surface area contributed by atoms with Crippen molar-refractivity contribution in [3.63, 3.8) is 0 Å². The van der Waals surface area contributed by atoms with E-state index in [2.05, 4.69) is 0 Å². The molecule has 0 amide bonds. The van der Waals surface area contributed by atoms with E-state index in [1.165, 1.54) is 12.1 Å². The molecule has 54 valence electrons. The molecule has 0 heterocycles. The first kappa shape index (κ1) is 7.06. The molecule has 0 N–H and O–H groups in total. The predicted molar refractivity (Wildman–Crippen MR) is 37.7 cm³/mol. The van der Waals surface area contributed by atoms with Gasteiger partial charge in [-0.2, -0.15) is 0 Å². The maximum absolute atomic E-state index is 12.4. The Morgan fingerprint density at radius 1 is 1.40 bits per heavy atom. The van der Waals surface area contributed by atoms with Crippen LogP contribution in [0.3, 0.4) is 0 Å². The van der Waals surface area contributed by atoms with Crippen molar-refractivity contribution in [1.29, 1.82) is 0 Å². The third-order valence-electron chi connectivity index (χ3n) is 1.36. The molecule has 2 heteroatoms. The molecule has 0 aromatic heterocycles. The van der Waals surface area contributed by atoms with E-state index in [0.717, 1.165) is 11.3 Å². The summed E-state index contributed by atoms with van der Waals surface area (Å²) in [5.41, 5.74) is 0.822. The van der Waals surface area contributed by atoms with Crippen molar-refractivity contribution in [1.82, 2.24) is 0 Å². The Balaban J connectivity index is 3.07. The van der Waals surface area contributed by atoms with Crippen LogP contribution >= 0.6 is 0 Å². The standard InChI is InChI=1S/C8H9FO/c1-6-5-7(9)3-4-8(6)10-2/h3-5H,1-2H3. The van der Waals surface area contributed by atoms with Gasteiger partial charge in [0.05, 0.1) is 7.11 Å². The van der Waals surface area contributed by atoms with Gasteiger partial charge in [0.1, 0.15) is 11.6 Å². The number of halogens is 1. The molecule has 0 bridgehead atoms. The summed E-state index contributed by atoms with van der Waals surface area (Å²) in [6.45, 7) is 1.81. The number of aryl methyl sites for hydroxylation is 1. The van der Waals surface area contributed by atoms with E-state index >= 15 is 0 Å². The average Bonchev–Trinajstić information content (AvgIpc) is 1.88. The average molecular weight is 140 g/mol. The Bertz CT molecular complexity index is 233. The molecule has 1 rings (SSSR count). The van der Waals surface area contributed by atoms with E-state index in [0.29, 0.717) is 0 Å². The number of hydrogen-bond acceptors (Lipinski definition) is 1. The van der Waals surface area contributed by atoms with Gasteiger partial charge in [-0.3, -0.25) is 0 Å². The van der Waals surface area contributed by atoms with Crippen LogP contribution in [0, 0.1) is 12.7 Å². The molecule has 10 heavy (non-hydrogen) atoms. The molecule has 0 aliphatic heterocycles. The SMILES string of the molecule is COc1ccc(F)cc1C. The summed E-state index contributed by atoms with van der Waals surface area (Å²) < 4.78 is 17.4. The first-order chi connectivity index (χ1) is 4.74. The van der Waals surface area contributed by atoms with E-state index in [1.54, 1.807) is 13.2 Å². The molecule has 1 nitrogen and oxygen atoms in total. The minimum Gasteiger partial charge on any atom is -0.496 e. The lowest BCUT2D eigenvalue weighted by molar-refractivity contribution is 0.410. The Morgan fingerprint density at radius 2 is 2.10 bits per heavy atom. The van der Waals surface area contributed by atoms with Gasteiger partial charge >= 0.3 is 0 Å². The highest BCUT2D eigenvalue weighted by Gasteiger charge is 1.96. The summed E-state index contributed by atoms with van der Waals surface area (Å²) in [6, 6.07) is 4.44. The highest BCUT2D eigenvalue weighted by atomic mass is 19.1. The summed E-state index contributed by atoms with van der Waals surface area (Å²) in [7, 11) is 1.57. The van der Waals surface area contributed by atoms with Crippen LogP contribution < -0.4 is 4.74 Å². The topological polar surface area (TPSA) is 9.23 Å². The van der Waals surface area contributed by atoms with Crippen LogP contribution in [0.25, 0.3) is 0 Å². The zero-order valence-corrected chi connectivity index (χ0v) is 6.02. The van der Waals surface area contributed by atoms with Crippen molar-refractivity contribution in [2.24, 2.45) is 0 Å². The first-order valence-electron chi connectivity index (χ1n) is 3.04. The van der Waals surface area contributed by atoms with Gasteiger partial charge in [-0.1, -0.05) is 0 Å². The fourth-order valence-corrected chi connectivity index (χ4v) is 0.842. The van der Waals surface area contributed by atoms with Crippen LogP contribution in [0.1, 0.15) is 5.56 Å². The monoisotopic (exact) mass is 140 g/mol. The van der Waals surface area contributed by atoms with Crippen molar-refractivity contribution in [3.8, 4) is 5.75 Å². The van der Waals surface area contributed by atoms with E-state index in [1.807, 2.05) is 6.92 Å². The molecule has 0 saturated heterocycles. The highest BCUT2D eigenvalue weighted by Crippen LogP contribution is 2.16. The van der Waals surface area contributed by atoms with Gasteiger partial charge in [0.25, 0.3) is 0 Å². The summed E-state index contributed by atoms with van der Waals surface area (Å²) >= 11 is 0. The van der Waals surface area contributed by atoms with Crippen molar-refractivity contribution in [3.05, 3.63) is 29.6 Å². The van der Waals surface area contributed by atoms with E-state index in [9.17, 15) is 4.39 Å². The van der Waals surface area contributed by atoms with Gasteiger partial charge in [-0.15, -0.1) is 0 Å². The van der Waals surface area contributed by atoms with E-state index in [-0.39, 0.29) is 5.82 Å². The second-order valence-corrected chi connectivity index (χ2v) is 2.11. The molecular formula is C8H9FO. The number of rotatable bonds is 1. The zero-order chi connectivity index (χ0) is 7.56. The van der Waals surface area contributed by atoms with Gasteiger partial charge in [-0.25, -0.2) is 4.39 Å². The van der Waals surface area contributed by atoms with Crippen molar-refractivity contribution >= 4 is 0 Å². The molecule has 0 saturated carbocycles. The lowest BCUT2D eigenvalue weighted by Crippen LogP contribution is -1.86. The Kier molecular flexibility index (Phi) is 1.90. The van der Waals surface area contributed by atoms with Gasteiger partial charge < -0.3 is 4.74 Å². The molecule has 1 aromatic carbocycles. The number of hydrogen-bond donors (Lipinski definition) is 0. The molecule has 0 atom stereocenters. The largest absolute Gasteiger partial charge is 0.496 e. The molecule has 0 radical (unpaired) electrons. The lowest BCUT2D eigenvalue weighted by Gasteiger charge is -2.01. The van der Waals surface area contributed by atoms with E-state index < -0.39 is 0 Å². The highest BCUT2D eigenvalue weighted by molar-refractivity contribution is 5.32. The fraction of sp³-hybridized carbons (Fsp3) is 0.250. The minimum atomic E-state index is -0.224. The van der Waals surface area contributed by atoms with Crippen molar-refractivity contribution in [2.45, 2.75) is 6.92 Å². The summed E-state index contributed by atoms with van der Waals surface area (Å²) in [5.74, 6) is 0.500. The lowest BCUT2D eigenvalue weighted by atomic mass is 10.2. The minimum absolute atomic E-state index is 0.224. The van der Waals surface area contributed by atoms with Gasteiger partial charge in [0, 0.05) is 0 Å². The second kappa shape index (κ2) is 2.69. The third-order valence-corrected chi connectivity index (χ3v) is 1.36. The number of benzene rings is 1. The summed E-state index contributed by atoms with van der Waals surface area (Å²) in [4.78, 5) is 0. The van der Waals surface area contributed by atoms with Gasteiger partial charge in [-0.05, 0) is 30.7 Å². The normalized spacial score (nSPS) is 9.50. The summed E-state index contributed by atoms with van der Waals surface area (Å²) in [6.07, 6.45) is 0. The fourth-order valence-electron chi connectivity index (χ4n) is 0.842. The molecule has 0 aliphatic carbocycles. The third kappa shape index (κ3) is 1.26. The first-order valence-corrected chi connectivity index (χ1v) is 3.04. The summed E-state index contributed by atoms with van der Waals surface area (Å²) in [5, 5.41) is 0. The molecule has 0 fully saturated rings. The van der Waals surface area contributed by atoms with Crippen LogP contribution in [0.4, 0.5) is 4.39 Å². The quantitative estimate of drug-likeness (QED) is 0.580. The molecule has 0 spiro atoms. The van der Waals surface area contributed by atoms with Crippen molar-refractivity contribution < 1.29 is 9.13 Å². The zero-order valence-electron chi connectivity index (χ0n) is 6.02. The smallest absolute Gasteiger partial charge is 0.123 e.